The molecule has 104 valence electrons. The number of anilines is 2. The second kappa shape index (κ2) is 5.48. The summed E-state index contributed by atoms with van der Waals surface area (Å²) in [7, 11) is 2.13. The van der Waals surface area contributed by atoms with Gasteiger partial charge in [0.05, 0.1) is 16.9 Å². The quantitative estimate of drug-likeness (QED) is 0.683. The van der Waals surface area contributed by atoms with Crippen molar-refractivity contribution in [3.63, 3.8) is 0 Å². The van der Waals surface area contributed by atoms with E-state index in [4.69, 9.17) is 10.8 Å². The topological polar surface area (TPSA) is 78.6 Å². The van der Waals surface area contributed by atoms with E-state index in [-0.39, 0.29) is 5.56 Å². The molecule has 1 aliphatic rings. The molecule has 5 heteroatoms. The Morgan fingerprint density at radius 3 is 2.84 bits per heavy atom. The van der Waals surface area contributed by atoms with Crippen LogP contribution in [0.1, 0.15) is 30.1 Å². The first-order valence-electron chi connectivity index (χ1n) is 6.57. The molecule has 1 aromatic rings. The highest BCUT2D eigenvalue weighted by Crippen LogP contribution is 2.27. The lowest BCUT2D eigenvalue weighted by Gasteiger charge is -2.25. The summed E-state index contributed by atoms with van der Waals surface area (Å²) < 4.78 is 0. The second-order valence-electron chi connectivity index (χ2n) is 5.23. The largest absolute Gasteiger partial charge is 0.478 e. The Morgan fingerprint density at radius 1 is 1.58 bits per heavy atom. The van der Waals surface area contributed by atoms with E-state index in [1.807, 2.05) is 0 Å². The number of benzene rings is 1. The van der Waals surface area contributed by atoms with E-state index >= 15 is 0 Å². The number of nitrogens with two attached hydrogens (primary N) is 1. The van der Waals surface area contributed by atoms with Crippen LogP contribution in [0.2, 0.25) is 0 Å². The van der Waals surface area contributed by atoms with Crippen molar-refractivity contribution in [2.75, 3.05) is 24.6 Å². The molecule has 0 saturated heterocycles. The predicted octanol–water partition coefficient (Wildman–Crippen LogP) is 1.86. The van der Waals surface area contributed by atoms with E-state index in [2.05, 4.69) is 24.2 Å². The Morgan fingerprint density at radius 2 is 2.26 bits per heavy atom. The third-order valence-electron chi connectivity index (χ3n) is 3.71. The van der Waals surface area contributed by atoms with Gasteiger partial charge in [0.2, 0.25) is 0 Å². The average Bonchev–Trinajstić information content (AvgIpc) is 3.20. The highest BCUT2D eigenvalue weighted by atomic mass is 16.4. The van der Waals surface area contributed by atoms with Crippen LogP contribution in [0.5, 0.6) is 0 Å². The Hall–Kier alpha value is -1.75. The van der Waals surface area contributed by atoms with Crippen LogP contribution in [0.3, 0.4) is 0 Å². The maximum atomic E-state index is 10.9. The molecular weight excluding hydrogens is 242 g/mol. The van der Waals surface area contributed by atoms with Gasteiger partial charge in [0.1, 0.15) is 0 Å². The van der Waals surface area contributed by atoms with E-state index < -0.39 is 5.97 Å². The van der Waals surface area contributed by atoms with E-state index in [1.165, 1.54) is 18.9 Å². The molecule has 2 rings (SSSR count). The Labute approximate surface area is 113 Å². The molecule has 4 N–H and O–H groups in total. The number of carboxylic acid groups (broad SMARTS) is 1. The zero-order chi connectivity index (χ0) is 14.0. The van der Waals surface area contributed by atoms with E-state index in [0.717, 1.165) is 6.54 Å². The number of nitrogens with zero attached hydrogens (tertiary/aromatic N) is 1. The Bertz CT molecular complexity index is 472. The molecule has 0 bridgehead atoms. The normalized spacial score (nSPS) is 16.4. The molecule has 1 saturated carbocycles. The van der Waals surface area contributed by atoms with Crippen molar-refractivity contribution in [2.45, 2.75) is 31.8 Å². The molecule has 1 atom stereocenters. The van der Waals surface area contributed by atoms with Gasteiger partial charge in [0.25, 0.3) is 0 Å². The molecule has 1 fully saturated rings. The monoisotopic (exact) mass is 263 g/mol. The zero-order valence-electron chi connectivity index (χ0n) is 11.4. The smallest absolute Gasteiger partial charge is 0.335 e. The number of nitrogen functional groups attached to an aromatic ring is 1. The predicted molar refractivity (Wildman–Crippen MR) is 76.6 cm³/mol. The molecule has 0 spiro atoms. The minimum absolute atomic E-state index is 0.250. The molecular formula is C14H21N3O2. The van der Waals surface area contributed by atoms with Gasteiger partial charge in [-0.25, -0.2) is 4.79 Å². The van der Waals surface area contributed by atoms with Gasteiger partial charge in [-0.15, -0.1) is 0 Å². The van der Waals surface area contributed by atoms with Gasteiger partial charge in [-0.1, -0.05) is 0 Å². The molecule has 0 heterocycles. The van der Waals surface area contributed by atoms with Crippen LogP contribution in [0, 0.1) is 0 Å². The SMILES string of the molecule is CC(CNc1cc(C(=O)O)ccc1N)N(C)C1CC1. The summed E-state index contributed by atoms with van der Waals surface area (Å²) in [6, 6.07) is 5.82. The van der Waals surface area contributed by atoms with E-state index in [9.17, 15) is 4.79 Å². The molecule has 1 unspecified atom stereocenters. The fourth-order valence-corrected chi connectivity index (χ4v) is 2.09. The van der Waals surface area contributed by atoms with Crippen LogP contribution >= 0.6 is 0 Å². The fourth-order valence-electron chi connectivity index (χ4n) is 2.09. The van der Waals surface area contributed by atoms with Gasteiger partial charge in [-0.05, 0) is 45.0 Å². The lowest BCUT2D eigenvalue weighted by atomic mass is 10.1. The van der Waals surface area contributed by atoms with Crippen LogP contribution < -0.4 is 11.1 Å². The minimum atomic E-state index is -0.939. The van der Waals surface area contributed by atoms with E-state index in [0.29, 0.717) is 23.5 Å². The molecule has 0 aliphatic heterocycles. The molecule has 1 aliphatic carbocycles. The van der Waals surface area contributed by atoms with Crippen molar-refractivity contribution in [1.82, 2.24) is 4.90 Å². The average molecular weight is 263 g/mol. The van der Waals surface area contributed by atoms with Crippen molar-refractivity contribution < 1.29 is 9.90 Å². The highest BCUT2D eigenvalue weighted by Gasteiger charge is 2.28. The third-order valence-corrected chi connectivity index (χ3v) is 3.71. The van der Waals surface area contributed by atoms with Crippen LogP contribution in [0.15, 0.2) is 18.2 Å². The summed E-state index contributed by atoms with van der Waals surface area (Å²) in [6.45, 7) is 2.91. The minimum Gasteiger partial charge on any atom is -0.478 e. The standard InChI is InChI=1S/C14H21N3O2/c1-9(17(2)11-4-5-11)8-16-13-7-10(14(18)19)3-6-12(13)15/h3,6-7,9,11,16H,4-5,8,15H2,1-2H3,(H,18,19). The van der Waals surface area contributed by atoms with Crippen molar-refractivity contribution in [3.05, 3.63) is 23.8 Å². The van der Waals surface area contributed by atoms with Gasteiger partial charge in [-0.2, -0.15) is 0 Å². The first kappa shape index (κ1) is 13.7. The molecule has 5 nitrogen and oxygen atoms in total. The number of rotatable bonds is 6. The van der Waals surface area contributed by atoms with Crippen LogP contribution in [-0.2, 0) is 0 Å². The van der Waals surface area contributed by atoms with Gasteiger partial charge in [-0.3, -0.25) is 4.90 Å². The van der Waals surface area contributed by atoms with Crippen LogP contribution in [0.4, 0.5) is 11.4 Å². The Kier molecular flexibility index (Phi) is 3.95. The van der Waals surface area contributed by atoms with Crippen molar-refractivity contribution in [3.8, 4) is 0 Å². The summed E-state index contributed by atoms with van der Waals surface area (Å²) in [6.07, 6.45) is 2.55. The maximum Gasteiger partial charge on any atom is 0.335 e. The number of likely N-dealkylation sites (N-methyl/N-ethyl adjacent to an activating group) is 1. The Balaban J connectivity index is 1.98. The summed E-state index contributed by atoms with van der Waals surface area (Å²) in [5.41, 5.74) is 7.37. The van der Waals surface area contributed by atoms with Gasteiger partial charge >= 0.3 is 5.97 Å². The number of aromatic carboxylic acids is 1. The summed E-state index contributed by atoms with van der Waals surface area (Å²) in [5, 5.41) is 12.2. The molecule has 0 radical (unpaired) electrons. The van der Waals surface area contributed by atoms with E-state index in [1.54, 1.807) is 12.1 Å². The second-order valence-corrected chi connectivity index (χ2v) is 5.23. The number of carboxylic acids is 1. The lowest BCUT2D eigenvalue weighted by Crippen LogP contribution is -2.36. The zero-order valence-corrected chi connectivity index (χ0v) is 11.4. The summed E-state index contributed by atoms with van der Waals surface area (Å²) >= 11 is 0. The van der Waals surface area contributed by atoms with Crippen LogP contribution in [0.25, 0.3) is 0 Å². The highest BCUT2D eigenvalue weighted by molar-refractivity contribution is 5.90. The number of hydrogen-bond acceptors (Lipinski definition) is 4. The lowest BCUT2D eigenvalue weighted by molar-refractivity contribution is 0.0697. The van der Waals surface area contributed by atoms with Crippen molar-refractivity contribution in [2.24, 2.45) is 0 Å². The number of hydrogen-bond donors (Lipinski definition) is 3. The molecule has 0 aromatic heterocycles. The molecule has 1 aromatic carbocycles. The maximum absolute atomic E-state index is 10.9. The summed E-state index contributed by atoms with van der Waals surface area (Å²) in [5.74, 6) is -0.939. The number of nitrogens with one attached hydrogen (secondary N) is 1. The first-order chi connectivity index (χ1) is 8.99. The molecule has 19 heavy (non-hydrogen) atoms. The van der Waals surface area contributed by atoms with Crippen molar-refractivity contribution >= 4 is 17.3 Å². The van der Waals surface area contributed by atoms with Gasteiger partial charge in [0.15, 0.2) is 0 Å². The third kappa shape index (κ3) is 3.38. The fraction of sp³-hybridized carbons (Fsp3) is 0.500. The van der Waals surface area contributed by atoms with Gasteiger partial charge < -0.3 is 16.2 Å². The van der Waals surface area contributed by atoms with Crippen molar-refractivity contribution in [1.29, 1.82) is 0 Å². The summed E-state index contributed by atoms with van der Waals surface area (Å²) in [4.78, 5) is 13.3. The first-order valence-corrected chi connectivity index (χ1v) is 6.57. The number of carbonyl (C=O) groups is 1. The molecule has 0 amide bonds. The van der Waals surface area contributed by atoms with Crippen LogP contribution in [-0.4, -0.2) is 41.7 Å². The van der Waals surface area contributed by atoms with Gasteiger partial charge in [0, 0.05) is 18.6 Å².